The first-order valence-corrected chi connectivity index (χ1v) is 8.07. The maximum absolute atomic E-state index is 9.16. The SMILES string of the molecule is C[Si](C)(C)C#CC1(CO)C=C[C@H](O)O1. The monoisotopic (exact) mass is 212 g/mol. The molecular weight excluding hydrogens is 196 g/mol. The van der Waals surface area contributed by atoms with Crippen molar-refractivity contribution < 1.29 is 14.9 Å². The Hall–Kier alpha value is -0.603. The number of aliphatic hydroxyl groups excluding tert-OH is 2. The maximum Gasteiger partial charge on any atom is 0.176 e. The fraction of sp³-hybridized carbons (Fsp3) is 0.600. The molecule has 0 aromatic heterocycles. The van der Waals surface area contributed by atoms with E-state index in [-0.39, 0.29) is 6.61 Å². The molecule has 1 heterocycles. The van der Waals surface area contributed by atoms with Gasteiger partial charge < -0.3 is 14.9 Å². The van der Waals surface area contributed by atoms with Crippen LogP contribution < -0.4 is 0 Å². The van der Waals surface area contributed by atoms with E-state index in [1.165, 1.54) is 6.08 Å². The summed E-state index contributed by atoms with van der Waals surface area (Å²) in [6, 6.07) is 0. The lowest BCUT2D eigenvalue weighted by Gasteiger charge is -2.19. The molecule has 0 aromatic carbocycles. The van der Waals surface area contributed by atoms with Gasteiger partial charge in [0.15, 0.2) is 11.9 Å². The maximum atomic E-state index is 9.16. The molecule has 0 saturated carbocycles. The highest BCUT2D eigenvalue weighted by Crippen LogP contribution is 2.21. The number of ether oxygens (including phenoxy) is 1. The Morgan fingerprint density at radius 1 is 1.50 bits per heavy atom. The van der Waals surface area contributed by atoms with Crippen molar-refractivity contribution in [3.63, 3.8) is 0 Å². The van der Waals surface area contributed by atoms with Gasteiger partial charge in [0.1, 0.15) is 8.07 Å². The molecule has 1 rings (SSSR count). The van der Waals surface area contributed by atoms with Crippen LogP contribution in [-0.2, 0) is 4.74 Å². The van der Waals surface area contributed by atoms with Gasteiger partial charge in [-0.15, -0.1) is 5.54 Å². The molecule has 0 aromatic rings. The van der Waals surface area contributed by atoms with E-state index in [9.17, 15) is 0 Å². The van der Waals surface area contributed by atoms with Crippen LogP contribution in [-0.4, -0.2) is 36.8 Å². The molecule has 1 unspecified atom stereocenters. The van der Waals surface area contributed by atoms with E-state index in [0.29, 0.717) is 0 Å². The molecule has 0 amide bonds. The second-order valence-corrected chi connectivity index (χ2v) is 9.17. The summed E-state index contributed by atoms with van der Waals surface area (Å²) in [7, 11) is -1.48. The molecule has 4 heteroatoms. The van der Waals surface area contributed by atoms with Crippen LogP contribution in [0, 0.1) is 11.5 Å². The van der Waals surface area contributed by atoms with Crippen molar-refractivity contribution >= 4 is 8.07 Å². The minimum absolute atomic E-state index is 0.224. The molecule has 14 heavy (non-hydrogen) atoms. The Labute approximate surface area is 85.4 Å². The zero-order valence-electron chi connectivity index (χ0n) is 8.74. The van der Waals surface area contributed by atoms with Crippen LogP contribution in [0.25, 0.3) is 0 Å². The fourth-order valence-electron chi connectivity index (χ4n) is 1.03. The fourth-order valence-corrected chi connectivity index (χ4v) is 1.61. The summed E-state index contributed by atoms with van der Waals surface area (Å²) in [5.41, 5.74) is 2.13. The van der Waals surface area contributed by atoms with Gasteiger partial charge in [-0.25, -0.2) is 0 Å². The van der Waals surface area contributed by atoms with E-state index in [1.807, 2.05) is 0 Å². The third kappa shape index (κ3) is 2.96. The molecule has 0 bridgehead atoms. The van der Waals surface area contributed by atoms with Crippen LogP contribution in [0.5, 0.6) is 0 Å². The first kappa shape index (κ1) is 11.5. The van der Waals surface area contributed by atoms with Crippen LogP contribution in [0.15, 0.2) is 12.2 Å². The number of rotatable bonds is 1. The summed E-state index contributed by atoms with van der Waals surface area (Å²) in [6.07, 6.45) is 2.16. The van der Waals surface area contributed by atoms with Crippen molar-refractivity contribution in [2.45, 2.75) is 31.5 Å². The van der Waals surface area contributed by atoms with Crippen LogP contribution in [0.1, 0.15) is 0 Å². The molecule has 0 saturated heterocycles. The standard InChI is InChI=1S/C10H16O3Si/c1-14(2,3)7-6-10(8-11)5-4-9(12)13-10/h4-5,9,11-12H,8H2,1-3H3/t9-,10?/m1/s1. The number of hydrogen-bond acceptors (Lipinski definition) is 3. The van der Waals surface area contributed by atoms with Crippen molar-refractivity contribution in [3.8, 4) is 11.5 Å². The zero-order valence-corrected chi connectivity index (χ0v) is 9.74. The van der Waals surface area contributed by atoms with Gasteiger partial charge >= 0.3 is 0 Å². The minimum atomic E-state index is -1.48. The van der Waals surface area contributed by atoms with Gasteiger partial charge in [0.2, 0.25) is 0 Å². The third-order valence-corrected chi connectivity index (χ3v) is 2.62. The van der Waals surface area contributed by atoms with E-state index < -0.39 is 20.0 Å². The molecule has 0 aliphatic carbocycles. The van der Waals surface area contributed by atoms with Gasteiger partial charge in [0.25, 0.3) is 0 Å². The molecule has 1 aliphatic heterocycles. The molecule has 2 N–H and O–H groups in total. The van der Waals surface area contributed by atoms with Crippen molar-refractivity contribution in [1.29, 1.82) is 0 Å². The normalized spacial score (nSPS) is 31.4. The predicted molar refractivity (Wildman–Crippen MR) is 57.2 cm³/mol. The second-order valence-electron chi connectivity index (χ2n) is 4.42. The molecular formula is C10H16O3Si. The Morgan fingerprint density at radius 3 is 2.50 bits per heavy atom. The van der Waals surface area contributed by atoms with Gasteiger partial charge in [-0.05, 0) is 12.2 Å². The van der Waals surface area contributed by atoms with Gasteiger partial charge in [0.05, 0.1) is 6.61 Å². The highest BCUT2D eigenvalue weighted by molar-refractivity contribution is 6.83. The highest BCUT2D eigenvalue weighted by Gasteiger charge is 2.32. The summed E-state index contributed by atoms with van der Waals surface area (Å²) in [4.78, 5) is 0. The summed E-state index contributed by atoms with van der Waals surface area (Å²) in [6.45, 7) is 6.11. The summed E-state index contributed by atoms with van der Waals surface area (Å²) < 4.78 is 5.14. The Kier molecular flexibility index (Phi) is 3.17. The van der Waals surface area contributed by atoms with Crippen LogP contribution >= 0.6 is 0 Å². The van der Waals surface area contributed by atoms with Crippen molar-refractivity contribution in [2.75, 3.05) is 6.61 Å². The van der Waals surface area contributed by atoms with Gasteiger partial charge in [-0.2, -0.15) is 0 Å². The van der Waals surface area contributed by atoms with Gasteiger partial charge in [-0.1, -0.05) is 25.6 Å². The molecule has 3 nitrogen and oxygen atoms in total. The van der Waals surface area contributed by atoms with Crippen molar-refractivity contribution in [3.05, 3.63) is 12.2 Å². The smallest absolute Gasteiger partial charge is 0.176 e. The van der Waals surface area contributed by atoms with Gasteiger partial charge in [-0.3, -0.25) is 0 Å². The van der Waals surface area contributed by atoms with Crippen LogP contribution in [0.4, 0.5) is 0 Å². The largest absolute Gasteiger partial charge is 0.392 e. The summed E-state index contributed by atoms with van der Waals surface area (Å²) in [5.74, 6) is 2.91. The number of hydrogen-bond donors (Lipinski definition) is 2. The summed E-state index contributed by atoms with van der Waals surface area (Å²) in [5, 5.41) is 18.3. The Morgan fingerprint density at radius 2 is 2.14 bits per heavy atom. The Balaban J connectivity index is 2.82. The Bertz CT molecular complexity index is 295. The van der Waals surface area contributed by atoms with E-state index in [1.54, 1.807) is 6.08 Å². The lowest BCUT2D eigenvalue weighted by atomic mass is 10.1. The van der Waals surface area contributed by atoms with Crippen LogP contribution in [0.2, 0.25) is 19.6 Å². The zero-order chi connectivity index (χ0) is 10.8. The molecule has 2 atom stereocenters. The molecule has 0 radical (unpaired) electrons. The van der Waals surface area contributed by atoms with Crippen LogP contribution in [0.3, 0.4) is 0 Å². The van der Waals surface area contributed by atoms with E-state index in [2.05, 4.69) is 31.1 Å². The quantitative estimate of drug-likeness (QED) is 0.378. The first-order valence-electron chi connectivity index (χ1n) is 4.57. The third-order valence-electron chi connectivity index (χ3n) is 1.75. The van der Waals surface area contributed by atoms with E-state index >= 15 is 0 Å². The lowest BCUT2D eigenvalue weighted by Crippen LogP contribution is -2.33. The molecule has 0 fully saturated rings. The van der Waals surface area contributed by atoms with E-state index in [0.717, 1.165) is 0 Å². The first-order chi connectivity index (χ1) is 6.37. The summed E-state index contributed by atoms with van der Waals surface area (Å²) >= 11 is 0. The lowest BCUT2D eigenvalue weighted by molar-refractivity contribution is -0.114. The van der Waals surface area contributed by atoms with E-state index in [4.69, 9.17) is 14.9 Å². The molecule has 1 aliphatic rings. The second kappa shape index (κ2) is 3.87. The highest BCUT2D eigenvalue weighted by atomic mass is 28.3. The van der Waals surface area contributed by atoms with Crippen molar-refractivity contribution in [2.24, 2.45) is 0 Å². The van der Waals surface area contributed by atoms with Gasteiger partial charge in [0, 0.05) is 0 Å². The average molecular weight is 212 g/mol. The van der Waals surface area contributed by atoms with Crippen molar-refractivity contribution in [1.82, 2.24) is 0 Å². The average Bonchev–Trinajstić information content (AvgIpc) is 2.44. The topological polar surface area (TPSA) is 49.7 Å². The molecule has 78 valence electrons. The number of aliphatic hydroxyl groups is 2. The predicted octanol–water partition coefficient (Wildman–Crippen LogP) is 0.503. The minimum Gasteiger partial charge on any atom is -0.392 e. The molecule has 0 spiro atoms.